The number of pyridine rings is 1. The molecule has 2 heterocycles. The molecule has 1 saturated heterocycles. The molecule has 2 aromatic rings. The second-order valence-corrected chi connectivity index (χ2v) is 6.64. The molecule has 4 heteroatoms. The molecule has 4 nitrogen and oxygen atoms in total. The van der Waals surface area contributed by atoms with Crippen LogP contribution in [0.3, 0.4) is 0 Å². The summed E-state index contributed by atoms with van der Waals surface area (Å²) in [5.41, 5.74) is 3.72. The van der Waals surface area contributed by atoms with E-state index in [9.17, 15) is 4.79 Å². The minimum atomic E-state index is 0.00132. The van der Waals surface area contributed by atoms with Crippen LogP contribution >= 0.6 is 0 Å². The molecule has 0 aliphatic carbocycles. The van der Waals surface area contributed by atoms with E-state index in [4.69, 9.17) is 4.74 Å². The summed E-state index contributed by atoms with van der Waals surface area (Å²) in [4.78, 5) is 17.2. The molecule has 0 spiro atoms. The van der Waals surface area contributed by atoms with Crippen molar-refractivity contribution in [2.45, 2.75) is 39.5 Å². The van der Waals surface area contributed by atoms with Crippen molar-refractivity contribution >= 4 is 16.8 Å². The van der Waals surface area contributed by atoms with Gasteiger partial charge in [-0.25, -0.2) is 0 Å². The first-order valence-electron chi connectivity index (χ1n) is 8.93. The number of carbonyl (C=O) groups is 1. The number of carbonyl (C=O) groups excluding carboxylic acids is 1. The molecule has 0 saturated carbocycles. The molecule has 1 aromatic carbocycles. The highest BCUT2D eigenvalue weighted by atomic mass is 16.5. The maximum atomic E-state index is 12.6. The SMILES string of the molecule is CCc1ccc2nc(C)cc(C(=O)NCCC[C@@H]3CCOC3)c2c1. The molecule has 128 valence electrons. The lowest BCUT2D eigenvalue weighted by atomic mass is 10.0. The quantitative estimate of drug-likeness (QED) is 0.824. The molecular formula is C20H26N2O2. The van der Waals surface area contributed by atoms with Crippen molar-refractivity contribution in [3.05, 3.63) is 41.1 Å². The Morgan fingerprint density at radius 1 is 1.38 bits per heavy atom. The molecule has 1 N–H and O–H groups in total. The third-order valence-corrected chi connectivity index (χ3v) is 4.75. The Balaban J connectivity index is 1.68. The van der Waals surface area contributed by atoms with Crippen LogP contribution in [0.25, 0.3) is 10.9 Å². The van der Waals surface area contributed by atoms with E-state index in [2.05, 4.69) is 29.4 Å². The predicted molar refractivity (Wildman–Crippen MR) is 96.4 cm³/mol. The minimum absolute atomic E-state index is 0.00132. The van der Waals surface area contributed by atoms with Crippen LogP contribution in [0.15, 0.2) is 24.3 Å². The van der Waals surface area contributed by atoms with Gasteiger partial charge in [-0.05, 0) is 62.3 Å². The number of amides is 1. The highest BCUT2D eigenvalue weighted by molar-refractivity contribution is 6.06. The summed E-state index contributed by atoms with van der Waals surface area (Å²) >= 11 is 0. The van der Waals surface area contributed by atoms with Gasteiger partial charge in [-0.15, -0.1) is 0 Å². The largest absolute Gasteiger partial charge is 0.381 e. The third kappa shape index (κ3) is 3.93. The van der Waals surface area contributed by atoms with Crippen LogP contribution in [0.2, 0.25) is 0 Å². The first-order chi connectivity index (χ1) is 11.7. The van der Waals surface area contributed by atoms with Gasteiger partial charge in [0.15, 0.2) is 0 Å². The van der Waals surface area contributed by atoms with Crippen LogP contribution in [0.5, 0.6) is 0 Å². The van der Waals surface area contributed by atoms with Crippen molar-refractivity contribution in [3.8, 4) is 0 Å². The molecule has 1 aromatic heterocycles. The van der Waals surface area contributed by atoms with Crippen LogP contribution in [-0.4, -0.2) is 30.6 Å². The summed E-state index contributed by atoms with van der Waals surface area (Å²) in [7, 11) is 0. The van der Waals surface area contributed by atoms with E-state index in [-0.39, 0.29) is 5.91 Å². The van der Waals surface area contributed by atoms with E-state index < -0.39 is 0 Å². The Morgan fingerprint density at radius 3 is 3.00 bits per heavy atom. The van der Waals surface area contributed by atoms with Gasteiger partial charge in [0.05, 0.1) is 11.1 Å². The third-order valence-electron chi connectivity index (χ3n) is 4.75. The lowest BCUT2D eigenvalue weighted by Gasteiger charge is -2.11. The van der Waals surface area contributed by atoms with E-state index in [0.29, 0.717) is 12.5 Å². The van der Waals surface area contributed by atoms with Gasteiger partial charge in [0, 0.05) is 30.8 Å². The van der Waals surface area contributed by atoms with Gasteiger partial charge in [0.2, 0.25) is 0 Å². The Hall–Kier alpha value is -1.94. The number of nitrogens with one attached hydrogen (secondary N) is 1. The fourth-order valence-corrected chi connectivity index (χ4v) is 3.31. The normalized spacial score (nSPS) is 17.3. The van der Waals surface area contributed by atoms with Crippen LogP contribution in [0.4, 0.5) is 0 Å². The zero-order valence-corrected chi connectivity index (χ0v) is 14.6. The topological polar surface area (TPSA) is 51.2 Å². The number of benzene rings is 1. The summed E-state index contributed by atoms with van der Waals surface area (Å²) in [6.07, 6.45) is 4.23. The van der Waals surface area contributed by atoms with Gasteiger partial charge >= 0.3 is 0 Å². The number of nitrogens with zero attached hydrogens (tertiary/aromatic N) is 1. The van der Waals surface area contributed by atoms with Crippen molar-refractivity contribution in [2.24, 2.45) is 5.92 Å². The van der Waals surface area contributed by atoms with Crippen LogP contribution < -0.4 is 5.32 Å². The van der Waals surface area contributed by atoms with E-state index in [1.807, 2.05) is 19.1 Å². The molecule has 1 aliphatic heterocycles. The molecule has 0 radical (unpaired) electrons. The number of rotatable bonds is 6. The zero-order chi connectivity index (χ0) is 16.9. The maximum absolute atomic E-state index is 12.6. The van der Waals surface area contributed by atoms with E-state index in [1.165, 1.54) is 5.56 Å². The average molecular weight is 326 g/mol. The van der Waals surface area contributed by atoms with E-state index in [1.54, 1.807) is 0 Å². The number of aryl methyl sites for hydroxylation is 2. The monoisotopic (exact) mass is 326 g/mol. The number of hydrogen-bond donors (Lipinski definition) is 1. The molecule has 0 unspecified atom stereocenters. The smallest absolute Gasteiger partial charge is 0.252 e. The molecule has 24 heavy (non-hydrogen) atoms. The molecule has 1 fully saturated rings. The Bertz CT molecular complexity index is 721. The Morgan fingerprint density at radius 2 is 2.25 bits per heavy atom. The van der Waals surface area contributed by atoms with Crippen molar-refractivity contribution in [1.82, 2.24) is 10.3 Å². The second kappa shape index (κ2) is 7.75. The van der Waals surface area contributed by atoms with Crippen molar-refractivity contribution < 1.29 is 9.53 Å². The Kier molecular flexibility index (Phi) is 5.46. The molecule has 3 rings (SSSR count). The zero-order valence-electron chi connectivity index (χ0n) is 14.6. The van der Waals surface area contributed by atoms with Crippen molar-refractivity contribution in [3.63, 3.8) is 0 Å². The van der Waals surface area contributed by atoms with Gasteiger partial charge in [0.1, 0.15) is 0 Å². The summed E-state index contributed by atoms with van der Waals surface area (Å²) in [6, 6.07) is 8.08. The number of ether oxygens (including phenoxy) is 1. The maximum Gasteiger partial charge on any atom is 0.252 e. The standard InChI is InChI=1S/C20H26N2O2/c1-3-15-6-7-19-17(12-15)18(11-14(2)22-19)20(23)21-9-4-5-16-8-10-24-13-16/h6-7,11-12,16H,3-5,8-10,13H2,1-2H3,(H,21,23)/t16-/m1/s1. The Labute approximate surface area is 143 Å². The van der Waals surface area contributed by atoms with Gasteiger partial charge in [-0.3, -0.25) is 9.78 Å². The minimum Gasteiger partial charge on any atom is -0.381 e. The number of fused-ring (bicyclic) bond motifs is 1. The van der Waals surface area contributed by atoms with Crippen LogP contribution in [-0.2, 0) is 11.2 Å². The average Bonchev–Trinajstić information content (AvgIpc) is 3.10. The fraction of sp³-hybridized carbons (Fsp3) is 0.500. The van der Waals surface area contributed by atoms with Crippen molar-refractivity contribution in [2.75, 3.05) is 19.8 Å². The molecule has 1 aliphatic rings. The fourth-order valence-electron chi connectivity index (χ4n) is 3.31. The summed E-state index contributed by atoms with van der Waals surface area (Å²) in [6.45, 7) is 6.53. The van der Waals surface area contributed by atoms with Crippen LogP contribution in [0, 0.1) is 12.8 Å². The van der Waals surface area contributed by atoms with E-state index >= 15 is 0 Å². The van der Waals surface area contributed by atoms with E-state index in [0.717, 1.165) is 61.1 Å². The lowest BCUT2D eigenvalue weighted by molar-refractivity contribution is 0.0954. The highest BCUT2D eigenvalue weighted by Gasteiger charge is 2.16. The number of aromatic nitrogens is 1. The predicted octanol–water partition coefficient (Wildman–Crippen LogP) is 3.65. The van der Waals surface area contributed by atoms with Crippen molar-refractivity contribution in [1.29, 1.82) is 0 Å². The summed E-state index contributed by atoms with van der Waals surface area (Å²) in [5, 5.41) is 4.02. The summed E-state index contributed by atoms with van der Waals surface area (Å²) < 4.78 is 5.39. The second-order valence-electron chi connectivity index (χ2n) is 6.64. The molecular weight excluding hydrogens is 300 g/mol. The number of hydrogen-bond acceptors (Lipinski definition) is 3. The lowest BCUT2D eigenvalue weighted by Crippen LogP contribution is -2.25. The van der Waals surface area contributed by atoms with Crippen LogP contribution in [0.1, 0.15) is 47.8 Å². The molecule has 1 atom stereocenters. The van der Waals surface area contributed by atoms with Gasteiger partial charge in [0.25, 0.3) is 5.91 Å². The van der Waals surface area contributed by atoms with Gasteiger partial charge < -0.3 is 10.1 Å². The van der Waals surface area contributed by atoms with Gasteiger partial charge in [-0.2, -0.15) is 0 Å². The first kappa shape index (κ1) is 16.9. The van der Waals surface area contributed by atoms with Gasteiger partial charge in [-0.1, -0.05) is 13.0 Å². The molecule has 0 bridgehead atoms. The first-order valence-corrected chi connectivity index (χ1v) is 8.93. The molecule has 1 amide bonds. The highest BCUT2D eigenvalue weighted by Crippen LogP contribution is 2.21. The summed E-state index contributed by atoms with van der Waals surface area (Å²) in [5.74, 6) is 0.666.